The largest absolute Gasteiger partial charge is 0.496 e. The van der Waals surface area contributed by atoms with E-state index < -0.39 is 0 Å². The van der Waals surface area contributed by atoms with Crippen LogP contribution in [-0.2, 0) is 0 Å². The number of Topliss-reactive ketones (excluding diaryl/α,β-unsaturated/α-hetero) is 1. The molecule has 2 rings (SSSR count). The second kappa shape index (κ2) is 5.57. The van der Waals surface area contributed by atoms with Crippen LogP contribution in [0.3, 0.4) is 0 Å². The minimum absolute atomic E-state index is 0.0293. The van der Waals surface area contributed by atoms with Gasteiger partial charge in [-0.3, -0.25) is 4.79 Å². The van der Waals surface area contributed by atoms with Crippen molar-refractivity contribution in [2.45, 2.75) is 6.92 Å². The molecule has 0 bridgehead atoms. The highest BCUT2D eigenvalue weighted by atomic mass is 16.5. The molecular weight excluding hydrogens is 240 g/mol. The van der Waals surface area contributed by atoms with E-state index in [0.717, 1.165) is 16.9 Å². The molecule has 0 aliphatic rings. The molecule has 2 aromatic carbocycles. The number of methoxy groups -OCH3 is 2. The average molecular weight is 256 g/mol. The van der Waals surface area contributed by atoms with Crippen LogP contribution in [0.15, 0.2) is 42.5 Å². The van der Waals surface area contributed by atoms with Gasteiger partial charge in [0.15, 0.2) is 5.78 Å². The van der Waals surface area contributed by atoms with Gasteiger partial charge in [-0.05, 0) is 24.6 Å². The Balaban J connectivity index is 2.71. The first-order valence-corrected chi connectivity index (χ1v) is 6.00. The Labute approximate surface area is 112 Å². The molecule has 0 aliphatic carbocycles. The Hall–Kier alpha value is -2.29. The Morgan fingerprint density at radius 2 is 1.42 bits per heavy atom. The molecule has 0 N–H and O–H groups in total. The van der Waals surface area contributed by atoms with Gasteiger partial charge >= 0.3 is 0 Å². The second-order valence-electron chi connectivity index (χ2n) is 4.14. The van der Waals surface area contributed by atoms with Gasteiger partial charge in [-0.15, -0.1) is 0 Å². The van der Waals surface area contributed by atoms with E-state index in [1.54, 1.807) is 20.3 Å². The Morgan fingerprint density at radius 1 is 0.842 bits per heavy atom. The highest BCUT2D eigenvalue weighted by Gasteiger charge is 2.17. The molecule has 0 saturated carbocycles. The van der Waals surface area contributed by atoms with E-state index in [4.69, 9.17) is 9.47 Å². The molecule has 98 valence electrons. The number of hydrogen-bond acceptors (Lipinski definition) is 3. The fraction of sp³-hybridized carbons (Fsp3) is 0.188. The van der Waals surface area contributed by atoms with Gasteiger partial charge in [0.1, 0.15) is 11.5 Å². The minimum atomic E-state index is -0.0293. The number of ether oxygens (including phenoxy) is 2. The molecule has 0 heterocycles. The number of rotatable bonds is 4. The quantitative estimate of drug-likeness (QED) is 0.784. The summed E-state index contributed by atoms with van der Waals surface area (Å²) in [6.45, 7) is 1.54. The van der Waals surface area contributed by atoms with Crippen molar-refractivity contribution < 1.29 is 14.3 Å². The average Bonchev–Trinajstić information content (AvgIpc) is 2.46. The van der Waals surface area contributed by atoms with Crippen LogP contribution in [0.1, 0.15) is 17.3 Å². The second-order valence-corrected chi connectivity index (χ2v) is 4.14. The number of carbonyl (C=O) groups excluding carboxylic acids is 1. The van der Waals surface area contributed by atoms with Crippen LogP contribution >= 0.6 is 0 Å². The minimum Gasteiger partial charge on any atom is -0.496 e. The third-order valence-corrected chi connectivity index (χ3v) is 3.00. The normalized spacial score (nSPS) is 10.1. The molecule has 3 heteroatoms. The first-order chi connectivity index (χ1) is 9.19. The molecule has 19 heavy (non-hydrogen) atoms. The van der Waals surface area contributed by atoms with Crippen molar-refractivity contribution in [1.29, 1.82) is 0 Å². The van der Waals surface area contributed by atoms with Crippen LogP contribution in [0.25, 0.3) is 11.1 Å². The molecule has 0 aliphatic heterocycles. The number of benzene rings is 2. The van der Waals surface area contributed by atoms with Gasteiger partial charge in [-0.1, -0.05) is 30.3 Å². The lowest BCUT2D eigenvalue weighted by molar-refractivity contribution is 0.101. The summed E-state index contributed by atoms with van der Waals surface area (Å²) in [5.41, 5.74) is 2.29. The van der Waals surface area contributed by atoms with Crippen LogP contribution < -0.4 is 9.47 Å². The van der Waals surface area contributed by atoms with E-state index in [0.29, 0.717) is 11.3 Å². The third kappa shape index (κ3) is 2.45. The summed E-state index contributed by atoms with van der Waals surface area (Å²) in [5.74, 6) is 1.28. The van der Waals surface area contributed by atoms with Gasteiger partial charge in [0, 0.05) is 5.56 Å². The van der Waals surface area contributed by atoms with Crippen LogP contribution in [0.2, 0.25) is 0 Å². The fourth-order valence-electron chi connectivity index (χ4n) is 2.16. The van der Waals surface area contributed by atoms with Gasteiger partial charge in [-0.25, -0.2) is 0 Å². The first kappa shape index (κ1) is 13.1. The summed E-state index contributed by atoms with van der Waals surface area (Å²) < 4.78 is 10.6. The smallest absolute Gasteiger partial charge is 0.164 e. The molecule has 0 spiro atoms. The lowest BCUT2D eigenvalue weighted by Crippen LogP contribution is -2.01. The van der Waals surface area contributed by atoms with Gasteiger partial charge in [-0.2, -0.15) is 0 Å². The molecule has 2 aromatic rings. The van der Waals surface area contributed by atoms with Crippen molar-refractivity contribution in [3.8, 4) is 22.6 Å². The topological polar surface area (TPSA) is 35.5 Å². The SMILES string of the molecule is COc1ccccc1-c1cccc(OC)c1C(C)=O. The maximum absolute atomic E-state index is 11.9. The molecule has 3 nitrogen and oxygen atoms in total. The predicted octanol–water partition coefficient (Wildman–Crippen LogP) is 3.57. The predicted molar refractivity (Wildman–Crippen MR) is 75.0 cm³/mol. The zero-order chi connectivity index (χ0) is 13.8. The summed E-state index contributed by atoms with van der Waals surface area (Å²) in [6, 6.07) is 13.2. The van der Waals surface area contributed by atoms with Gasteiger partial charge < -0.3 is 9.47 Å². The Bertz CT molecular complexity index is 603. The van der Waals surface area contributed by atoms with Gasteiger partial charge in [0.05, 0.1) is 19.8 Å². The van der Waals surface area contributed by atoms with E-state index in [-0.39, 0.29) is 5.78 Å². The number of para-hydroxylation sites is 1. The standard InChI is InChI=1S/C16H16O3/c1-11(17)16-13(8-6-10-15(16)19-3)12-7-4-5-9-14(12)18-2/h4-10H,1-3H3. The zero-order valence-corrected chi connectivity index (χ0v) is 11.3. The lowest BCUT2D eigenvalue weighted by Gasteiger charge is -2.14. The first-order valence-electron chi connectivity index (χ1n) is 6.00. The van der Waals surface area contributed by atoms with Crippen LogP contribution in [-0.4, -0.2) is 20.0 Å². The summed E-state index contributed by atoms with van der Waals surface area (Å²) in [6.07, 6.45) is 0. The maximum Gasteiger partial charge on any atom is 0.164 e. The molecule has 0 unspecified atom stereocenters. The lowest BCUT2D eigenvalue weighted by atomic mass is 9.96. The van der Waals surface area contributed by atoms with Crippen molar-refractivity contribution in [1.82, 2.24) is 0 Å². The molecule has 0 amide bonds. The maximum atomic E-state index is 11.9. The van der Waals surface area contributed by atoms with Gasteiger partial charge in [0.2, 0.25) is 0 Å². The molecule has 0 fully saturated rings. The van der Waals surface area contributed by atoms with Crippen LogP contribution in [0.5, 0.6) is 11.5 Å². The number of ketones is 1. The van der Waals surface area contributed by atoms with Crippen LogP contribution in [0, 0.1) is 0 Å². The molecular formula is C16H16O3. The van der Waals surface area contributed by atoms with Crippen molar-refractivity contribution in [3.63, 3.8) is 0 Å². The van der Waals surface area contributed by atoms with Crippen molar-refractivity contribution in [3.05, 3.63) is 48.0 Å². The van der Waals surface area contributed by atoms with Crippen molar-refractivity contribution in [2.24, 2.45) is 0 Å². The summed E-state index contributed by atoms with van der Waals surface area (Å²) >= 11 is 0. The van der Waals surface area contributed by atoms with Crippen molar-refractivity contribution >= 4 is 5.78 Å². The Kier molecular flexibility index (Phi) is 3.85. The number of carbonyl (C=O) groups is 1. The van der Waals surface area contributed by atoms with E-state index in [1.165, 1.54) is 6.92 Å². The zero-order valence-electron chi connectivity index (χ0n) is 11.3. The molecule has 0 saturated heterocycles. The summed E-state index contributed by atoms with van der Waals surface area (Å²) in [4.78, 5) is 11.9. The monoisotopic (exact) mass is 256 g/mol. The van der Waals surface area contributed by atoms with E-state index in [9.17, 15) is 4.79 Å². The highest BCUT2D eigenvalue weighted by molar-refractivity contribution is 6.04. The van der Waals surface area contributed by atoms with Gasteiger partial charge in [0.25, 0.3) is 0 Å². The summed E-state index contributed by atoms with van der Waals surface area (Å²) in [7, 11) is 3.18. The van der Waals surface area contributed by atoms with E-state index in [2.05, 4.69) is 0 Å². The van der Waals surface area contributed by atoms with Crippen molar-refractivity contribution in [2.75, 3.05) is 14.2 Å². The van der Waals surface area contributed by atoms with E-state index in [1.807, 2.05) is 36.4 Å². The highest BCUT2D eigenvalue weighted by Crippen LogP contribution is 2.36. The molecule has 0 atom stereocenters. The van der Waals surface area contributed by atoms with E-state index >= 15 is 0 Å². The summed E-state index contributed by atoms with van der Waals surface area (Å²) in [5, 5.41) is 0. The molecule has 0 radical (unpaired) electrons. The Morgan fingerprint density at radius 3 is 2.05 bits per heavy atom. The van der Waals surface area contributed by atoms with Crippen LogP contribution in [0.4, 0.5) is 0 Å². The third-order valence-electron chi connectivity index (χ3n) is 3.00. The number of hydrogen-bond donors (Lipinski definition) is 0. The molecule has 0 aromatic heterocycles. The fourth-order valence-corrected chi connectivity index (χ4v) is 2.16.